The number of rotatable bonds is 7. The average Bonchev–Trinajstić information content (AvgIpc) is 2.37. The summed E-state index contributed by atoms with van der Waals surface area (Å²) >= 11 is 0. The highest BCUT2D eigenvalue weighted by atomic mass is 15.1. The van der Waals surface area contributed by atoms with Crippen LogP contribution in [0.2, 0.25) is 0 Å². The first-order chi connectivity index (χ1) is 8.24. The molecule has 0 aromatic carbocycles. The molecular weight excluding hydrogens is 210 g/mol. The molecule has 0 amide bonds. The van der Waals surface area contributed by atoms with Crippen molar-refractivity contribution in [3.8, 4) is 12.3 Å². The minimum Gasteiger partial charge on any atom is -0.305 e. The first-order valence-corrected chi connectivity index (χ1v) is 5.98. The van der Waals surface area contributed by atoms with E-state index >= 15 is 0 Å². The fraction of sp³-hybridized carbons (Fsp3) is 0.500. The zero-order valence-electron chi connectivity index (χ0n) is 10.7. The van der Waals surface area contributed by atoms with Crippen LogP contribution in [0.1, 0.15) is 12.6 Å². The Balaban J connectivity index is 2.24. The molecule has 0 saturated heterocycles. The molecule has 1 unspecified atom stereocenters. The monoisotopic (exact) mass is 231 g/mol. The largest absolute Gasteiger partial charge is 0.305 e. The van der Waals surface area contributed by atoms with Crippen molar-refractivity contribution in [1.29, 1.82) is 0 Å². The van der Waals surface area contributed by atoms with Gasteiger partial charge in [0.25, 0.3) is 0 Å². The highest BCUT2D eigenvalue weighted by Crippen LogP contribution is 1.99. The molecule has 17 heavy (non-hydrogen) atoms. The van der Waals surface area contributed by atoms with E-state index in [1.165, 1.54) is 0 Å². The van der Waals surface area contributed by atoms with E-state index < -0.39 is 0 Å². The molecule has 1 atom stereocenters. The van der Waals surface area contributed by atoms with Crippen LogP contribution in [0.3, 0.4) is 0 Å². The molecular formula is C14H21N3. The maximum atomic E-state index is 5.19. The van der Waals surface area contributed by atoms with Crippen molar-refractivity contribution < 1.29 is 0 Å². The second-order valence-corrected chi connectivity index (χ2v) is 4.24. The molecule has 0 saturated carbocycles. The number of nitrogens with one attached hydrogen (secondary N) is 1. The maximum absolute atomic E-state index is 5.19. The molecule has 1 heterocycles. The fourth-order valence-corrected chi connectivity index (χ4v) is 1.57. The Labute approximate surface area is 104 Å². The van der Waals surface area contributed by atoms with Crippen LogP contribution in [-0.2, 0) is 6.42 Å². The minimum absolute atomic E-state index is 0.479. The van der Waals surface area contributed by atoms with Crippen molar-refractivity contribution in [3.63, 3.8) is 0 Å². The molecule has 0 aliphatic heterocycles. The normalized spacial score (nSPS) is 12.4. The van der Waals surface area contributed by atoms with Crippen molar-refractivity contribution in [2.45, 2.75) is 19.4 Å². The van der Waals surface area contributed by atoms with Crippen molar-refractivity contribution in [2.24, 2.45) is 0 Å². The van der Waals surface area contributed by atoms with Crippen LogP contribution < -0.4 is 5.32 Å². The third kappa shape index (κ3) is 5.48. The van der Waals surface area contributed by atoms with Crippen molar-refractivity contribution in [3.05, 3.63) is 30.1 Å². The number of hydrogen-bond acceptors (Lipinski definition) is 3. The van der Waals surface area contributed by atoms with Gasteiger partial charge in [-0.2, -0.15) is 0 Å². The van der Waals surface area contributed by atoms with Gasteiger partial charge in [-0.1, -0.05) is 12.0 Å². The Kier molecular flexibility index (Phi) is 6.31. The highest BCUT2D eigenvalue weighted by molar-refractivity contribution is 5.03. The van der Waals surface area contributed by atoms with E-state index in [0.29, 0.717) is 12.6 Å². The molecule has 92 valence electrons. The number of likely N-dealkylation sites (N-methyl/N-ethyl adjacent to an activating group) is 1. The first kappa shape index (κ1) is 13.7. The smallest absolute Gasteiger partial charge is 0.0574 e. The molecule has 0 spiro atoms. The lowest BCUT2D eigenvalue weighted by Gasteiger charge is -2.24. The molecule has 1 N–H and O–H groups in total. The Morgan fingerprint density at radius 2 is 2.35 bits per heavy atom. The maximum Gasteiger partial charge on any atom is 0.0574 e. The Morgan fingerprint density at radius 1 is 1.53 bits per heavy atom. The molecule has 0 bridgehead atoms. The SMILES string of the molecule is C#CCNCC(C)N(C)CCc1ccccn1. The van der Waals surface area contributed by atoms with E-state index in [0.717, 1.165) is 25.2 Å². The zero-order valence-corrected chi connectivity index (χ0v) is 10.7. The van der Waals surface area contributed by atoms with Crippen LogP contribution in [-0.4, -0.2) is 42.6 Å². The van der Waals surface area contributed by atoms with Gasteiger partial charge in [-0.15, -0.1) is 6.42 Å². The summed E-state index contributed by atoms with van der Waals surface area (Å²) in [6.45, 7) is 4.76. The van der Waals surface area contributed by atoms with E-state index in [2.05, 4.69) is 41.2 Å². The van der Waals surface area contributed by atoms with Gasteiger partial charge in [-0.25, -0.2) is 0 Å². The quantitative estimate of drug-likeness (QED) is 0.564. The third-order valence-electron chi connectivity index (χ3n) is 2.87. The Morgan fingerprint density at radius 3 is 3.00 bits per heavy atom. The first-order valence-electron chi connectivity index (χ1n) is 5.98. The standard InChI is InChI=1S/C14H21N3/c1-4-9-15-12-13(2)17(3)11-8-14-7-5-6-10-16-14/h1,5-7,10,13,15H,8-9,11-12H2,2-3H3. The van der Waals surface area contributed by atoms with Gasteiger partial charge in [-0.3, -0.25) is 4.98 Å². The summed E-state index contributed by atoms with van der Waals surface area (Å²) in [5, 5.41) is 3.22. The van der Waals surface area contributed by atoms with Crippen LogP contribution >= 0.6 is 0 Å². The summed E-state index contributed by atoms with van der Waals surface area (Å²) in [5.41, 5.74) is 1.14. The van der Waals surface area contributed by atoms with Crippen LogP contribution in [0.25, 0.3) is 0 Å². The summed E-state index contributed by atoms with van der Waals surface area (Å²) < 4.78 is 0. The number of terminal acetylenes is 1. The summed E-state index contributed by atoms with van der Waals surface area (Å²) in [5.74, 6) is 2.58. The molecule has 0 aliphatic carbocycles. The number of nitrogens with zero attached hydrogens (tertiary/aromatic N) is 2. The molecule has 0 fully saturated rings. The molecule has 1 aromatic rings. The lowest BCUT2D eigenvalue weighted by atomic mass is 10.2. The Hall–Kier alpha value is -1.37. The highest BCUT2D eigenvalue weighted by Gasteiger charge is 2.08. The summed E-state index contributed by atoms with van der Waals surface area (Å²) in [6.07, 6.45) is 8.01. The van der Waals surface area contributed by atoms with Gasteiger partial charge in [0.05, 0.1) is 6.54 Å². The van der Waals surface area contributed by atoms with Crippen molar-refractivity contribution in [1.82, 2.24) is 15.2 Å². The Bertz CT molecular complexity index is 342. The van der Waals surface area contributed by atoms with E-state index in [-0.39, 0.29) is 0 Å². The van der Waals surface area contributed by atoms with Gasteiger partial charge in [0, 0.05) is 37.4 Å². The van der Waals surface area contributed by atoms with Crippen molar-refractivity contribution >= 4 is 0 Å². The van der Waals surface area contributed by atoms with Gasteiger partial charge < -0.3 is 10.2 Å². The lowest BCUT2D eigenvalue weighted by molar-refractivity contribution is 0.255. The topological polar surface area (TPSA) is 28.2 Å². The minimum atomic E-state index is 0.479. The van der Waals surface area contributed by atoms with Crippen LogP contribution in [0.15, 0.2) is 24.4 Å². The molecule has 0 aliphatic rings. The predicted molar refractivity (Wildman–Crippen MR) is 71.7 cm³/mol. The summed E-state index contributed by atoms with van der Waals surface area (Å²) in [6, 6.07) is 6.52. The van der Waals surface area contributed by atoms with E-state index in [1.54, 1.807) is 0 Å². The molecule has 3 heteroatoms. The number of pyridine rings is 1. The van der Waals surface area contributed by atoms with Crippen LogP contribution in [0.4, 0.5) is 0 Å². The molecule has 3 nitrogen and oxygen atoms in total. The fourth-order valence-electron chi connectivity index (χ4n) is 1.57. The van der Waals surface area contributed by atoms with Gasteiger partial charge in [0.1, 0.15) is 0 Å². The van der Waals surface area contributed by atoms with Gasteiger partial charge in [0.2, 0.25) is 0 Å². The molecule has 1 aromatic heterocycles. The van der Waals surface area contributed by atoms with Gasteiger partial charge >= 0.3 is 0 Å². The predicted octanol–water partition coefficient (Wildman–Crippen LogP) is 1.17. The van der Waals surface area contributed by atoms with E-state index in [9.17, 15) is 0 Å². The van der Waals surface area contributed by atoms with E-state index in [1.807, 2.05) is 18.3 Å². The van der Waals surface area contributed by atoms with E-state index in [4.69, 9.17) is 6.42 Å². The molecule has 1 rings (SSSR count). The lowest BCUT2D eigenvalue weighted by Crippen LogP contribution is -2.39. The second-order valence-electron chi connectivity index (χ2n) is 4.24. The zero-order chi connectivity index (χ0) is 12.5. The number of hydrogen-bond donors (Lipinski definition) is 1. The van der Waals surface area contributed by atoms with Crippen LogP contribution in [0, 0.1) is 12.3 Å². The third-order valence-corrected chi connectivity index (χ3v) is 2.87. The van der Waals surface area contributed by atoms with Crippen LogP contribution in [0.5, 0.6) is 0 Å². The average molecular weight is 231 g/mol. The summed E-state index contributed by atoms with van der Waals surface area (Å²) in [7, 11) is 2.13. The van der Waals surface area contributed by atoms with Gasteiger partial charge in [0.15, 0.2) is 0 Å². The van der Waals surface area contributed by atoms with Crippen molar-refractivity contribution in [2.75, 3.05) is 26.7 Å². The molecule has 0 radical (unpaired) electrons. The number of aromatic nitrogens is 1. The summed E-state index contributed by atoms with van der Waals surface area (Å²) in [4.78, 5) is 6.63. The van der Waals surface area contributed by atoms with Gasteiger partial charge in [-0.05, 0) is 26.1 Å². The second kappa shape index (κ2) is 7.83.